The molecule has 0 aliphatic heterocycles. The highest BCUT2D eigenvalue weighted by Crippen LogP contribution is 2.18. The number of rotatable bonds is 4. The molecule has 0 fully saturated rings. The largest absolute Gasteiger partial charge is 0.458 e. The van der Waals surface area contributed by atoms with Gasteiger partial charge in [-0.2, -0.15) is 0 Å². The highest BCUT2D eigenvalue weighted by Gasteiger charge is 2.12. The van der Waals surface area contributed by atoms with Crippen LogP contribution in [-0.2, 0) is 16.0 Å². The van der Waals surface area contributed by atoms with Gasteiger partial charge in [0, 0.05) is 0 Å². The first-order valence-electron chi connectivity index (χ1n) is 6.86. The minimum Gasteiger partial charge on any atom is -0.458 e. The van der Waals surface area contributed by atoms with Crippen molar-refractivity contribution in [3.05, 3.63) is 70.8 Å². The molecule has 1 unspecified atom stereocenters. The van der Waals surface area contributed by atoms with Gasteiger partial charge >= 0.3 is 5.97 Å². The van der Waals surface area contributed by atoms with Crippen LogP contribution in [0.2, 0.25) is 0 Å². The van der Waals surface area contributed by atoms with E-state index in [2.05, 4.69) is 0 Å². The van der Waals surface area contributed by atoms with E-state index in [0.29, 0.717) is 6.42 Å². The number of esters is 1. The maximum absolute atomic E-state index is 11.9. The summed E-state index contributed by atoms with van der Waals surface area (Å²) in [5.41, 5.74) is 4.40. The van der Waals surface area contributed by atoms with Gasteiger partial charge in [-0.15, -0.1) is 0 Å². The number of carbonyl (C=O) groups is 1. The lowest BCUT2D eigenvalue weighted by Gasteiger charge is -2.14. The molecule has 0 amide bonds. The molecule has 2 aromatic carbocycles. The summed E-state index contributed by atoms with van der Waals surface area (Å²) in [5.74, 6) is -0.193. The molecule has 2 nitrogen and oxygen atoms in total. The van der Waals surface area contributed by atoms with Crippen LogP contribution in [0.1, 0.15) is 35.3 Å². The zero-order valence-corrected chi connectivity index (χ0v) is 12.2. The van der Waals surface area contributed by atoms with Gasteiger partial charge in [-0.05, 0) is 31.9 Å². The van der Waals surface area contributed by atoms with Crippen molar-refractivity contribution in [2.45, 2.75) is 33.3 Å². The molecule has 104 valence electrons. The molecule has 20 heavy (non-hydrogen) atoms. The summed E-state index contributed by atoms with van der Waals surface area (Å²) >= 11 is 0. The van der Waals surface area contributed by atoms with Crippen molar-refractivity contribution in [3.63, 3.8) is 0 Å². The van der Waals surface area contributed by atoms with Crippen molar-refractivity contribution >= 4 is 5.97 Å². The van der Waals surface area contributed by atoms with Crippen molar-refractivity contribution in [1.82, 2.24) is 0 Å². The average Bonchev–Trinajstić information content (AvgIpc) is 2.42. The molecule has 0 aliphatic rings. The number of hydrogen-bond acceptors (Lipinski definition) is 2. The SMILES string of the molecule is Cc1ccc(CC(=O)OC(C)c2ccc(C)cc2)cc1. The van der Waals surface area contributed by atoms with Crippen molar-refractivity contribution in [3.8, 4) is 0 Å². The molecule has 0 spiro atoms. The lowest BCUT2D eigenvalue weighted by Crippen LogP contribution is -2.11. The van der Waals surface area contributed by atoms with Gasteiger partial charge in [-0.25, -0.2) is 0 Å². The standard InChI is InChI=1S/C18H20O2/c1-13-4-8-16(9-5-13)12-18(19)20-15(3)17-10-6-14(2)7-11-17/h4-11,15H,12H2,1-3H3. The molecular weight excluding hydrogens is 248 g/mol. The summed E-state index contributed by atoms with van der Waals surface area (Å²) < 4.78 is 5.47. The maximum atomic E-state index is 11.9. The highest BCUT2D eigenvalue weighted by atomic mass is 16.5. The van der Waals surface area contributed by atoms with Gasteiger partial charge in [-0.1, -0.05) is 59.7 Å². The van der Waals surface area contributed by atoms with Gasteiger partial charge in [0.2, 0.25) is 0 Å². The molecule has 0 saturated heterocycles. The minimum atomic E-state index is -0.214. The Morgan fingerprint density at radius 1 is 0.950 bits per heavy atom. The zero-order valence-electron chi connectivity index (χ0n) is 12.2. The third kappa shape index (κ3) is 3.95. The lowest BCUT2D eigenvalue weighted by molar-refractivity contribution is -0.147. The van der Waals surface area contributed by atoms with E-state index in [1.54, 1.807) is 0 Å². The fraction of sp³-hybridized carbons (Fsp3) is 0.278. The highest BCUT2D eigenvalue weighted by molar-refractivity contribution is 5.72. The molecule has 0 aliphatic carbocycles. The van der Waals surface area contributed by atoms with Crippen molar-refractivity contribution < 1.29 is 9.53 Å². The Hall–Kier alpha value is -2.09. The quantitative estimate of drug-likeness (QED) is 0.779. The van der Waals surface area contributed by atoms with E-state index in [4.69, 9.17) is 4.74 Å². The van der Waals surface area contributed by atoms with Crippen molar-refractivity contribution in [1.29, 1.82) is 0 Å². The number of carbonyl (C=O) groups excluding carboxylic acids is 1. The minimum absolute atomic E-state index is 0.193. The van der Waals surface area contributed by atoms with Gasteiger partial charge in [0.15, 0.2) is 0 Å². The Morgan fingerprint density at radius 3 is 2.00 bits per heavy atom. The Morgan fingerprint density at radius 2 is 1.45 bits per heavy atom. The van der Waals surface area contributed by atoms with Crippen LogP contribution in [-0.4, -0.2) is 5.97 Å². The Labute approximate surface area is 120 Å². The number of ether oxygens (including phenoxy) is 1. The molecule has 0 bridgehead atoms. The molecule has 0 radical (unpaired) electrons. The lowest BCUT2D eigenvalue weighted by atomic mass is 10.1. The normalized spacial score (nSPS) is 11.9. The van der Waals surface area contributed by atoms with Gasteiger partial charge < -0.3 is 4.74 Å². The maximum Gasteiger partial charge on any atom is 0.310 e. The van der Waals surface area contributed by atoms with Crippen LogP contribution in [0.3, 0.4) is 0 Å². The van der Waals surface area contributed by atoms with E-state index in [1.807, 2.05) is 69.3 Å². The summed E-state index contributed by atoms with van der Waals surface area (Å²) in [5, 5.41) is 0. The van der Waals surface area contributed by atoms with Gasteiger partial charge in [-0.3, -0.25) is 4.79 Å². The van der Waals surface area contributed by atoms with Crippen LogP contribution in [0, 0.1) is 13.8 Å². The van der Waals surface area contributed by atoms with E-state index in [9.17, 15) is 4.79 Å². The van der Waals surface area contributed by atoms with E-state index >= 15 is 0 Å². The number of benzene rings is 2. The third-order valence-electron chi connectivity index (χ3n) is 3.32. The van der Waals surface area contributed by atoms with Crippen LogP contribution in [0.25, 0.3) is 0 Å². The molecule has 1 atom stereocenters. The zero-order chi connectivity index (χ0) is 14.5. The predicted molar refractivity (Wildman–Crippen MR) is 80.6 cm³/mol. The molecule has 2 rings (SSSR count). The first-order valence-corrected chi connectivity index (χ1v) is 6.86. The summed E-state index contributed by atoms with van der Waals surface area (Å²) in [6, 6.07) is 16.0. The first-order chi connectivity index (χ1) is 9.54. The van der Waals surface area contributed by atoms with E-state index in [1.165, 1.54) is 11.1 Å². The second kappa shape index (κ2) is 6.38. The van der Waals surface area contributed by atoms with E-state index in [-0.39, 0.29) is 12.1 Å². The Bertz CT molecular complexity index is 567. The Kier molecular flexibility index (Phi) is 4.57. The number of aryl methyl sites for hydroxylation is 2. The van der Waals surface area contributed by atoms with Crippen LogP contribution in [0.15, 0.2) is 48.5 Å². The first kappa shape index (κ1) is 14.3. The molecular formula is C18H20O2. The third-order valence-corrected chi connectivity index (χ3v) is 3.32. The van der Waals surface area contributed by atoms with Crippen LogP contribution in [0.5, 0.6) is 0 Å². The summed E-state index contributed by atoms with van der Waals surface area (Å²) in [4.78, 5) is 11.9. The average molecular weight is 268 g/mol. The fourth-order valence-electron chi connectivity index (χ4n) is 2.02. The van der Waals surface area contributed by atoms with Gasteiger partial charge in [0.25, 0.3) is 0 Å². The summed E-state index contributed by atoms with van der Waals surface area (Å²) in [7, 11) is 0. The van der Waals surface area contributed by atoms with Crippen molar-refractivity contribution in [2.75, 3.05) is 0 Å². The van der Waals surface area contributed by atoms with Gasteiger partial charge in [0.1, 0.15) is 6.10 Å². The van der Waals surface area contributed by atoms with E-state index in [0.717, 1.165) is 11.1 Å². The van der Waals surface area contributed by atoms with Gasteiger partial charge in [0.05, 0.1) is 6.42 Å². The van der Waals surface area contributed by atoms with Crippen LogP contribution in [0.4, 0.5) is 0 Å². The molecule has 2 heteroatoms. The summed E-state index contributed by atoms with van der Waals surface area (Å²) in [6.07, 6.45) is 0.102. The van der Waals surface area contributed by atoms with Crippen LogP contribution < -0.4 is 0 Å². The molecule has 0 aromatic heterocycles. The number of hydrogen-bond donors (Lipinski definition) is 0. The molecule has 0 N–H and O–H groups in total. The second-order valence-electron chi connectivity index (χ2n) is 5.21. The molecule has 2 aromatic rings. The van der Waals surface area contributed by atoms with Crippen molar-refractivity contribution in [2.24, 2.45) is 0 Å². The fourth-order valence-corrected chi connectivity index (χ4v) is 2.02. The predicted octanol–water partition coefficient (Wildman–Crippen LogP) is 4.15. The molecule has 0 saturated carbocycles. The second-order valence-corrected chi connectivity index (χ2v) is 5.21. The summed E-state index contributed by atoms with van der Waals surface area (Å²) in [6.45, 7) is 5.97. The topological polar surface area (TPSA) is 26.3 Å². The Balaban J connectivity index is 1.93. The van der Waals surface area contributed by atoms with E-state index < -0.39 is 0 Å². The smallest absolute Gasteiger partial charge is 0.310 e. The van der Waals surface area contributed by atoms with Crippen LogP contribution >= 0.6 is 0 Å². The monoisotopic (exact) mass is 268 g/mol. The molecule has 0 heterocycles.